The lowest BCUT2D eigenvalue weighted by Crippen LogP contribution is -2.47. The molecule has 2 atom stereocenters. The molecule has 1 saturated heterocycles. The Balaban J connectivity index is 0. The van der Waals surface area contributed by atoms with Crippen LogP contribution in [-0.4, -0.2) is 84.3 Å². The largest absolute Gasteiger partial charge is 0.382 e. The summed E-state index contributed by atoms with van der Waals surface area (Å²) < 4.78 is 0. The number of carbonyl (C=O) groups excluding carboxylic acids is 2. The number of aliphatic hydroxyl groups is 2. The Morgan fingerprint density at radius 2 is 1.86 bits per heavy atom. The fourth-order valence-corrected chi connectivity index (χ4v) is 2.69. The van der Waals surface area contributed by atoms with Gasteiger partial charge in [-0.25, -0.2) is 0 Å². The Kier molecular flexibility index (Phi) is 21.4. The first-order valence-corrected chi connectivity index (χ1v) is 11.6. The van der Waals surface area contributed by atoms with Crippen LogP contribution in [0.3, 0.4) is 0 Å². The van der Waals surface area contributed by atoms with E-state index in [-0.39, 0.29) is 6.29 Å². The van der Waals surface area contributed by atoms with Crippen LogP contribution >= 0.6 is 23.5 Å². The molecule has 0 radical (unpaired) electrons. The summed E-state index contributed by atoms with van der Waals surface area (Å²) in [6.07, 6.45) is 8.80. The second-order valence-electron chi connectivity index (χ2n) is 5.74. The zero-order valence-corrected chi connectivity index (χ0v) is 18.7. The number of hydrogen-bond donors (Lipinski definition) is 4. The van der Waals surface area contributed by atoms with Gasteiger partial charge in [0.1, 0.15) is 6.10 Å². The molecule has 4 N–H and O–H groups in total. The third-order valence-corrected chi connectivity index (χ3v) is 4.79. The van der Waals surface area contributed by atoms with Crippen LogP contribution in [0.15, 0.2) is 23.6 Å². The maximum Gasteiger partial charge on any atom is 0.254 e. The van der Waals surface area contributed by atoms with E-state index in [1.165, 1.54) is 27.1 Å². The van der Waals surface area contributed by atoms with E-state index < -0.39 is 18.1 Å². The highest BCUT2D eigenvalue weighted by Gasteiger charge is 2.28. The molecule has 1 aliphatic heterocycles. The molecule has 0 bridgehead atoms. The van der Waals surface area contributed by atoms with Gasteiger partial charge in [-0.05, 0) is 56.7 Å². The number of piperidine rings is 1. The van der Waals surface area contributed by atoms with Crippen LogP contribution in [0.4, 0.5) is 0 Å². The number of nitrogens with zero attached hydrogens (tertiary/aromatic N) is 1. The summed E-state index contributed by atoms with van der Waals surface area (Å²) in [4.78, 5) is 24.5. The average Bonchev–Trinajstić information content (AvgIpc) is 2.76. The zero-order chi connectivity index (χ0) is 21.8. The Morgan fingerprint density at radius 1 is 1.29 bits per heavy atom. The minimum Gasteiger partial charge on any atom is -0.382 e. The second-order valence-corrected chi connectivity index (χ2v) is 7.38. The highest BCUT2D eigenvalue weighted by Crippen LogP contribution is 2.14. The number of aldehydes is 1. The van der Waals surface area contributed by atoms with Crippen molar-refractivity contribution < 1.29 is 19.8 Å². The molecule has 0 saturated carbocycles. The van der Waals surface area contributed by atoms with Gasteiger partial charge in [0.2, 0.25) is 0 Å². The van der Waals surface area contributed by atoms with Crippen molar-refractivity contribution in [2.75, 3.05) is 39.2 Å². The van der Waals surface area contributed by atoms with Crippen molar-refractivity contribution in [2.45, 2.75) is 37.9 Å². The second kappa shape index (κ2) is 20.6. The van der Waals surface area contributed by atoms with E-state index in [0.717, 1.165) is 32.2 Å². The summed E-state index contributed by atoms with van der Waals surface area (Å²) in [5, 5.41) is 27.6. The monoisotopic (exact) mass is 433 g/mol. The van der Waals surface area contributed by atoms with Crippen molar-refractivity contribution in [1.82, 2.24) is 10.2 Å². The number of thioether (sulfide) groups is 2. The Morgan fingerprint density at radius 3 is 2.25 bits per heavy atom. The molecule has 0 aromatic carbocycles. The highest BCUT2D eigenvalue weighted by molar-refractivity contribution is 8.11. The smallest absolute Gasteiger partial charge is 0.254 e. The Labute approximate surface area is 177 Å². The van der Waals surface area contributed by atoms with Gasteiger partial charge < -0.3 is 30.6 Å². The molecular formula is C19H35N3O4S2. The maximum atomic E-state index is 11.5. The summed E-state index contributed by atoms with van der Waals surface area (Å²) in [6, 6.07) is 0. The van der Waals surface area contributed by atoms with Crippen LogP contribution in [0.5, 0.6) is 0 Å². The van der Waals surface area contributed by atoms with Crippen molar-refractivity contribution in [3.05, 3.63) is 23.6 Å². The first-order chi connectivity index (χ1) is 13.4. The number of nitrogens with one attached hydrogen (secondary N) is 2. The van der Waals surface area contributed by atoms with Gasteiger partial charge in [0, 0.05) is 13.1 Å². The van der Waals surface area contributed by atoms with Gasteiger partial charge in [0.25, 0.3) is 5.91 Å². The SMILES string of the molecule is C=C/C=C(/CCNC)SC.CSC=N.O=CC(O)C(O)C(=O)N1CCCCC1. The van der Waals surface area contributed by atoms with Crippen molar-refractivity contribution in [2.24, 2.45) is 0 Å². The first kappa shape index (κ1) is 29.1. The van der Waals surface area contributed by atoms with Gasteiger partial charge >= 0.3 is 0 Å². The Hall–Kier alpha value is -1.13. The lowest BCUT2D eigenvalue weighted by molar-refractivity contribution is -0.149. The summed E-state index contributed by atoms with van der Waals surface area (Å²) in [6.45, 7) is 5.89. The van der Waals surface area contributed by atoms with Crippen molar-refractivity contribution in [1.29, 1.82) is 5.41 Å². The molecule has 1 fully saturated rings. The minimum atomic E-state index is -1.61. The van der Waals surface area contributed by atoms with Gasteiger partial charge in [-0.1, -0.05) is 18.7 Å². The molecule has 2 unspecified atom stereocenters. The molecule has 0 aromatic heterocycles. The van der Waals surface area contributed by atoms with Crippen molar-refractivity contribution in [3.8, 4) is 0 Å². The minimum absolute atomic E-state index is 0.173. The number of allylic oxidation sites excluding steroid dienone is 2. The summed E-state index contributed by atoms with van der Waals surface area (Å²) in [5.74, 6) is -0.552. The predicted octanol–water partition coefficient (Wildman–Crippen LogP) is 1.90. The van der Waals surface area contributed by atoms with Crippen LogP contribution in [-0.2, 0) is 9.59 Å². The molecule has 1 aliphatic rings. The van der Waals surface area contributed by atoms with E-state index in [1.807, 2.05) is 19.4 Å². The third kappa shape index (κ3) is 14.9. The van der Waals surface area contributed by atoms with E-state index in [0.29, 0.717) is 13.1 Å². The molecule has 0 aromatic rings. The maximum absolute atomic E-state index is 11.5. The molecule has 162 valence electrons. The zero-order valence-electron chi connectivity index (χ0n) is 17.1. The van der Waals surface area contributed by atoms with Crippen LogP contribution < -0.4 is 5.32 Å². The number of aliphatic hydroxyl groups excluding tert-OH is 2. The first-order valence-electron chi connectivity index (χ1n) is 9.05. The molecule has 9 heteroatoms. The quantitative estimate of drug-likeness (QED) is 0.190. The van der Waals surface area contributed by atoms with Crippen molar-refractivity contribution in [3.63, 3.8) is 0 Å². The molecule has 1 heterocycles. The normalized spacial score (nSPS) is 15.8. The van der Waals surface area contributed by atoms with Crippen LogP contribution in [0.25, 0.3) is 0 Å². The number of amides is 1. The van der Waals surface area contributed by atoms with E-state index in [1.54, 1.807) is 11.8 Å². The molecule has 0 spiro atoms. The fraction of sp³-hybridized carbons (Fsp3) is 0.632. The highest BCUT2D eigenvalue weighted by atomic mass is 32.2. The van der Waals surface area contributed by atoms with Gasteiger partial charge in [-0.3, -0.25) is 4.79 Å². The summed E-state index contributed by atoms with van der Waals surface area (Å²) in [7, 11) is 1.96. The summed E-state index contributed by atoms with van der Waals surface area (Å²) >= 11 is 3.18. The molecule has 7 nitrogen and oxygen atoms in total. The van der Waals surface area contributed by atoms with E-state index >= 15 is 0 Å². The van der Waals surface area contributed by atoms with Crippen molar-refractivity contribution >= 4 is 41.3 Å². The topological polar surface area (TPSA) is 114 Å². The van der Waals surface area contributed by atoms with Gasteiger partial charge in [0.05, 0.1) is 5.55 Å². The van der Waals surface area contributed by atoms with Crippen LogP contribution in [0, 0.1) is 5.41 Å². The van der Waals surface area contributed by atoms with Crippen LogP contribution in [0.1, 0.15) is 25.7 Å². The van der Waals surface area contributed by atoms with Gasteiger partial charge in [-0.2, -0.15) is 0 Å². The summed E-state index contributed by atoms with van der Waals surface area (Å²) in [5.41, 5.74) is 1.29. The average molecular weight is 434 g/mol. The predicted molar refractivity (Wildman–Crippen MR) is 121 cm³/mol. The number of carbonyl (C=O) groups is 2. The standard InChI is InChI=1S/C9H15NO4.C8H15NS.C2H5NS/c11-6-7(12)8(13)9(14)10-4-2-1-3-5-10;1-4-5-8(10-3)6-7-9-2;1-4-2-3/h6-8,12-13H,1-5H2;4-5,9H,1,6-7H2,2-3H3;2-3H,1H3/b;8-5-;. The van der Waals surface area contributed by atoms with Gasteiger partial charge in [-0.15, -0.1) is 23.5 Å². The number of likely N-dealkylation sites (tertiary alicyclic amines) is 1. The molecular weight excluding hydrogens is 398 g/mol. The third-order valence-electron chi connectivity index (χ3n) is 3.69. The lowest BCUT2D eigenvalue weighted by atomic mass is 10.1. The molecule has 28 heavy (non-hydrogen) atoms. The molecule has 1 amide bonds. The van der Waals surface area contributed by atoms with Gasteiger partial charge in [0.15, 0.2) is 12.4 Å². The van der Waals surface area contributed by atoms with E-state index in [2.05, 4.69) is 24.2 Å². The van der Waals surface area contributed by atoms with E-state index in [4.69, 9.17) is 10.5 Å². The fourth-order valence-electron chi connectivity index (χ4n) is 2.15. The molecule has 0 aliphatic carbocycles. The Bertz CT molecular complexity index is 470. The molecule has 1 rings (SSSR count). The van der Waals surface area contributed by atoms with E-state index in [9.17, 15) is 14.7 Å². The number of rotatable bonds is 9. The lowest BCUT2D eigenvalue weighted by Gasteiger charge is -2.29. The van der Waals surface area contributed by atoms with Crippen LogP contribution in [0.2, 0.25) is 0 Å². The number of hydrogen-bond acceptors (Lipinski definition) is 8.